The van der Waals surface area contributed by atoms with Gasteiger partial charge in [0.15, 0.2) is 0 Å². The van der Waals surface area contributed by atoms with E-state index < -0.39 is 21.8 Å². The van der Waals surface area contributed by atoms with Gasteiger partial charge in [-0.15, -0.1) is 0 Å². The minimum absolute atomic E-state index is 0.0488. The second-order valence-corrected chi connectivity index (χ2v) is 5.45. The highest BCUT2D eigenvalue weighted by molar-refractivity contribution is 7.89. The van der Waals surface area contributed by atoms with Gasteiger partial charge in [0.2, 0.25) is 0 Å². The summed E-state index contributed by atoms with van der Waals surface area (Å²) in [6, 6.07) is -0.545. The molecule has 0 radical (unpaired) electrons. The molecule has 0 aromatic heterocycles. The molecule has 4 nitrogen and oxygen atoms in total. The average molecular weight is 242 g/mol. The number of alkyl halides is 2. The largest absolute Gasteiger partial charge is 0.350 e. The third-order valence-electron chi connectivity index (χ3n) is 2.54. The van der Waals surface area contributed by atoms with Crippen LogP contribution < -0.4 is 10.0 Å². The van der Waals surface area contributed by atoms with Crippen molar-refractivity contribution >= 4 is 10.0 Å². The van der Waals surface area contributed by atoms with Crippen molar-refractivity contribution in [1.29, 1.82) is 0 Å². The summed E-state index contributed by atoms with van der Waals surface area (Å²) in [5.41, 5.74) is 0. The van der Waals surface area contributed by atoms with Crippen molar-refractivity contribution in [3.63, 3.8) is 0 Å². The number of hydrogen-bond donors (Lipinski definition) is 2. The molecule has 1 aliphatic heterocycles. The van der Waals surface area contributed by atoms with Crippen LogP contribution in [0.25, 0.3) is 0 Å². The van der Waals surface area contributed by atoms with Crippen molar-refractivity contribution in [2.24, 2.45) is 0 Å². The summed E-state index contributed by atoms with van der Waals surface area (Å²) >= 11 is 0. The van der Waals surface area contributed by atoms with Gasteiger partial charge in [-0.25, -0.2) is 13.1 Å². The summed E-state index contributed by atoms with van der Waals surface area (Å²) in [5.74, 6) is -3.36. The number of nitrogens with one attached hydrogen (secondary N) is 2. The van der Waals surface area contributed by atoms with E-state index in [1.165, 1.54) is 0 Å². The van der Waals surface area contributed by atoms with Gasteiger partial charge in [-0.3, -0.25) is 0 Å². The predicted octanol–water partition coefficient (Wildman–Crippen LogP) is 0.659. The topological polar surface area (TPSA) is 58.2 Å². The van der Waals surface area contributed by atoms with Crippen LogP contribution in [0.15, 0.2) is 0 Å². The lowest BCUT2D eigenvalue weighted by molar-refractivity contribution is 0.229. The van der Waals surface area contributed by atoms with E-state index in [4.69, 9.17) is 0 Å². The Morgan fingerprint density at radius 3 is 2.53 bits per heavy atom. The lowest BCUT2D eigenvalue weighted by Crippen LogP contribution is -2.51. The Kier molecular flexibility index (Phi) is 4.42. The third-order valence-corrected chi connectivity index (χ3v) is 3.71. The maximum absolute atomic E-state index is 12.1. The fraction of sp³-hybridized carbons (Fsp3) is 1.00. The molecule has 2 atom stereocenters. The summed E-state index contributed by atoms with van der Waals surface area (Å²) in [7, 11) is -4.47. The van der Waals surface area contributed by atoms with Crippen molar-refractivity contribution < 1.29 is 17.2 Å². The summed E-state index contributed by atoms with van der Waals surface area (Å²) in [5, 5.41) is 3.11. The lowest BCUT2D eigenvalue weighted by Gasteiger charge is -2.29. The maximum Gasteiger partial charge on any atom is 0.350 e. The Bertz CT molecular complexity index is 289. The molecular formula is C8H16F2N2O2S. The predicted molar refractivity (Wildman–Crippen MR) is 53.2 cm³/mol. The molecule has 0 aliphatic carbocycles. The lowest BCUT2D eigenvalue weighted by atomic mass is 10.00. The van der Waals surface area contributed by atoms with E-state index in [-0.39, 0.29) is 6.04 Å². The molecule has 2 unspecified atom stereocenters. The Labute approximate surface area is 88.5 Å². The van der Waals surface area contributed by atoms with Gasteiger partial charge in [0.25, 0.3) is 10.0 Å². The molecule has 0 aromatic rings. The molecule has 90 valence electrons. The van der Waals surface area contributed by atoms with Gasteiger partial charge in [0.1, 0.15) is 0 Å². The van der Waals surface area contributed by atoms with E-state index in [9.17, 15) is 17.2 Å². The van der Waals surface area contributed by atoms with Gasteiger partial charge in [-0.2, -0.15) is 8.78 Å². The summed E-state index contributed by atoms with van der Waals surface area (Å²) in [4.78, 5) is 0. The number of piperidine rings is 1. The normalized spacial score (nSPS) is 25.5. The van der Waals surface area contributed by atoms with E-state index in [0.29, 0.717) is 0 Å². The molecule has 1 aliphatic rings. The highest BCUT2D eigenvalue weighted by Crippen LogP contribution is 2.12. The molecule has 7 heteroatoms. The Balaban J connectivity index is 2.50. The van der Waals surface area contributed by atoms with Crippen LogP contribution in [0.2, 0.25) is 0 Å². The van der Waals surface area contributed by atoms with Crippen LogP contribution in [0.5, 0.6) is 0 Å². The smallest absolute Gasteiger partial charge is 0.312 e. The Morgan fingerprint density at radius 2 is 2.07 bits per heavy atom. The zero-order valence-corrected chi connectivity index (χ0v) is 9.36. The standard InChI is InChI=1S/C8H16F2N2O2S/c1-6(7-4-2-3-5-11-7)12-15(13,14)8(9)10/h6-8,11-12H,2-5H2,1H3. The SMILES string of the molecule is CC(NS(=O)(=O)C(F)F)C1CCCCN1. The van der Waals surface area contributed by atoms with Crippen LogP contribution in [0.1, 0.15) is 26.2 Å². The van der Waals surface area contributed by atoms with Crippen LogP contribution in [0, 0.1) is 0 Å². The van der Waals surface area contributed by atoms with E-state index in [2.05, 4.69) is 5.32 Å². The van der Waals surface area contributed by atoms with Gasteiger partial charge >= 0.3 is 5.76 Å². The van der Waals surface area contributed by atoms with Crippen molar-refractivity contribution in [3.05, 3.63) is 0 Å². The average Bonchev–Trinajstić information content (AvgIpc) is 2.18. The Morgan fingerprint density at radius 1 is 1.40 bits per heavy atom. The minimum Gasteiger partial charge on any atom is -0.312 e. The third kappa shape index (κ3) is 3.66. The van der Waals surface area contributed by atoms with Gasteiger partial charge < -0.3 is 5.32 Å². The van der Waals surface area contributed by atoms with Crippen molar-refractivity contribution in [2.45, 2.75) is 44.0 Å². The molecule has 0 saturated carbocycles. The van der Waals surface area contributed by atoms with E-state index in [1.54, 1.807) is 6.92 Å². The highest BCUT2D eigenvalue weighted by Gasteiger charge is 2.29. The van der Waals surface area contributed by atoms with E-state index >= 15 is 0 Å². The van der Waals surface area contributed by atoms with E-state index in [1.807, 2.05) is 4.72 Å². The van der Waals surface area contributed by atoms with Crippen molar-refractivity contribution in [1.82, 2.24) is 10.0 Å². The summed E-state index contributed by atoms with van der Waals surface area (Å²) < 4.78 is 47.9. The number of rotatable bonds is 4. The number of halogens is 2. The summed E-state index contributed by atoms with van der Waals surface area (Å²) in [6.07, 6.45) is 2.86. The number of sulfonamides is 1. The zero-order valence-electron chi connectivity index (χ0n) is 8.54. The molecule has 1 fully saturated rings. The minimum atomic E-state index is -4.47. The van der Waals surface area contributed by atoms with Crippen LogP contribution in [0.4, 0.5) is 8.78 Å². The highest BCUT2D eigenvalue weighted by atomic mass is 32.2. The van der Waals surface area contributed by atoms with Crippen LogP contribution >= 0.6 is 0 Å². The maximum atomic E-state index is 12.1. The monoisotopic (exact) mass is 242 g/mol. The van der Waals surface area contributed by atoms with Gasteiger partial charge in [0.05, 0.1) is 0 Å². The first-order valence-electron chi connectivity index (χ1n) is 4.96. The fourth-order valence-corrected chi connectivity index (χ4v) is 2.48. The second-order valence-electron chi connectivity index (χ2n) is 3.77. The molecule has 0 bridgehead atoms. The molecule has 0 spiro atoms. The molecule has 0 aromatic carbocycles. The first-order chi connectivity index (χ1) is 6.93. The molecular weight excluding hydrogens is 226 g/mol. The second kappa shape index (κ2) is 5.18. The van der Waals surface area contributed by atoms with Crippen LogP contribution in [-0.4, -0.2) is 32.8 Å². The fourth-order valence-electron chi connectivity index (χ4n) is 1.70. The van der Waals surface area contributed by atoms with Gasteiger partial charge in [0, 0.05) is 12.1 Å². The quantitative estimate of drug-likeness (QED) is 0.761. The van der Waals surface area contributed by atoms with E-state index in [0.717, 1.165) is 25.8 Å². The zero-order chi connectivity index (χ0) is 11.5. The molecule has 15 heavy (non-hydrogen) atoms. The van der Waals surface area contributed by atoms with Crippen molar-refractivity contribution in [3.8, 4) is 0 Å². The molecule has 1 saturated heterocycles. The first-order valence-corrected chi connectivity index (χ1v) is 6.51. The number of hydrogen-bond acceptors (Lipinski definition) is 3. The van der Waals surface area contributed by atoms with Crippen molar-refractivity contribution in [2.75, 3.05) is 6.54 Å². The van der Waals surface area contributed by atoms with Crippen LogP contribution in [0.3, 0.4) is 0 Å². The molecule has 1 rings (SSSR count). The summed E-state index contributed by atoms with van der Waals surface area (Å²) in [6.45, 7) is 2.41. The van der Waals surface area contributed by atoms with Crippen LogP contribution in [-0.2, 0) is 10.0 Å². The molecule has 1 heterocycles. The van der Waals surface area contributed by atoms with Gasteiger partial charge in [-0.05, 0) is 26.3 Å². The molecule has 2 N–H and O–H groups in total. The first kappa shape index (κ1) is 12.8. The van der Waals surface area contributed by atoms with Gasteiger partial charge in [-0.1, -0.05) is 6.42 Å². The molecule has 0 amide bonds. The Hall–Kier alpha value is -0.270.